The van der Waals surface area contributed by atoms with Crippen LogP contribution < -0.4 is 0 Å². The lowest BCUT2D eigenvalue weighted by Crippen LogP contribution is -2.34. The number of esters is 1. The molecule has 1 rings (SSSR count). The van der Waals surface area contributed by atoms with E-state index in [1.54, 1.807) is 17.0 Å². The first-order valence-electron chi connectivity index (χ1n) is 6.45. The molecule has 0 unspecified atom stereocenters. The topological polar surface area (TPSA) is 46.6 Å². The van der Waals surface area contributed by atoms with Gasteiger partial charge in [-0.05, 0) is 37.6 Å². The van der Waals surface area contributed by atoms with E-state index >= 15 is 0 Å². The maximum Gasteiger partial charge on any atom is 0.331 e. The van der Waals surface area contributed by atoms with Gasteiger partial charge in [0.15, 0.2) is 6.61 Å². The number of nitrogens with zero attached hydrogens (tertiary/aromatic N) is 1. The minimum Gasteiger partial charge on any atom is -0.452 e. The highest BCUT2D eigenvalue weighted by Crippen LogP contribution is 2.04. The van der Waals surface area contributed by atoms with Crippen molar-refractivity contribution in [1.82, 2.24) is 4.90 Å². The second-order valence-corrected chi connectivity index (χ2v) is 4.06. The molecule has 0 aliphatic rings. The van der Waals surface area contributed by atoms with Gasteiger partial charge in [0.25, 0.3) is 5.91 Å². The standard InChI is InChI=1S/C15H18FNO3/c1-3-17(4-2)14(18)11-20-15(19)10-7-12-5-8-13(16)9-6-12/h5-10H,3-4,11H2,1-2H3. The van der Waals surface area contributed by atoms with Gasteiger partial charge in [0.05, 0.1) is 0 Å². The SMILES string of the molecule is CCN(CC)C(=O)COC(=O)C=Cc1ccc(F)cc1. The summed E-state index contributed by atoms with van der Waals surface area (Å²) in [6.07, 6.45) is 2.71. The third-order valence-corrected chi connectivity index (χ3v) is 2.74. The summed E-state index contributed by atoms with van der Waals surface area (Å²) in [6.45, 7) is 4.61. The van der Waals surface area contributed by atoms with Crippen molar-refractivity contribution in [3.8, 4) is 0 Å². The molecule has 0 spiro atoms. The summed E-state index contributed by atoms with van der Waals surface area (Å²) in [4.78, 5) is 24.6. The predicted octanol–water partition coefficient (Wildman–Crippen LogP) is 2.25. The van der Waals surface area contributed by atoms with E-state index in [1.165, 1.54) is 24.3 Å². The Hall–Kier alpha value is -2.17. The molecule has 1 aromatic carbocycles. The fourth-order valence-electron chi connectivity index (χ4n) is 1.59. The summed E-state index contributed by atoms with van der Waals surface area (Å²) in [7, 11) is 0. The van der Waals surface area contributed by atoms with Crippen molar-refractivity contribution < 1.29 is 18.7 Å². The van der Waals surface area contributed by atoms with E-state index in [2.05, 4.69) is 0 Å². The molecule has 0 atom stereocenters. The molecule has 108 valence electrons. The Kier molecular flexibility index (Phi) is 6.43. The van der Waals surface area contributed by atoms with Gasteiger partial charge in [0, 0.05) is 19.2 Å². The number of hydrogen-bond donors (Lipinski definition) is 0. The number of halogens is 1. The number of benzene rings is 1. The Morgan fingerprint density at radius 3 is 2.35 bits per heavy atom. The Balaban J connectivity index is 2.44. The van der Waals surface area contributed by atoms with Crippen LogP contribution in [0.5, 0.6) is 0 Å². The molecule has 20 heavy (non-hydrogen) atoms. The highest BCUT2D eigenvalue weighted by molar-refractivity contribution is 5.89. The zero-order valence-corrected chi connectivity index (χ0v) is 11.6. The molecule has 4 nitrogen and oxygen atoms in total. The number of likely N-dealkylation sites (N-methyl/N-ethyl adjacent to an activating group) is 1. The van der Waals surface area contributed by atoms with Crippen molar-refractivity contribution in [2.45, 2.75) is 13.8 Å². The maximum atomic E-state index is 12.7. The van der Waals surface area contributed by atoms with Crippen LogP contribution in [-0.4, -0.2) is 36.5 Å². The summed E-state index contributed by atoms with van der Waals surface area (Å²) in [6, 6.07) is 5.68. The monoisotopic (exact) mass is 279 g/mol. The molecule has 0 heterocycles. The first-order valence-corrected chi connectivity index (χ1v) is 6.45. The second-order valence-electron chi connectivity index (χ2n) is 4.06. The first kappa shape index (κ1) is 15.9. The third-order valence-electron chi connectivity index (χ3n) is 2.74. The molecule has 5 heteroatoms. The van der Waals surface area contributed by atoms with Crippen molar-refractivity contribution in [1.29, 1.82) is 0 Å². The average Bonchev–Trinajstić information content (AvgIpc) is 2.45. The number of amides is 1. The van der Waals surface area contributed by atoms with Crippen LogP contribution in [0.1, 0.15) is 19.4 Å². The summed E-state index contributed by atoms with van der Waals surface area (Å²) in [5.74, 6) is -1.16. The van der Waals surface area contributed by atoms with Crippen molar-refractivity contribution in [2.24, 2.45) is 0 Å². The fraction of sp³-hybridized carbons (Fsp3) is 0.333. The molecule has 0 radical (unpaired) electrons. The molecule has 1 aromatic rings. The van der Waals surface area contributed by atoms with Gasteiger partial charge in [-0.25, -0.2) is 9.18 Å². The van der Waals surface area contributed by atoms with Gasteiger partial charge in [-0.2, -0.15) is 0 Å². The van der Waals surface area contributed by atoms with Gasteiger partial charge in [0.2, 0.25) is 0 Å². The van der Waals surface area contributed by atoms with Crippen LogP contribution >= 0.6 is 0 Å². The Morgan fingerprint density at radius 2 is 1.80 bits per heavy atom. The van der Waals surface area contributed by atoms with Gasteiger partial charge in [0.1, 0.15) is 5.82 Å². The average molecular weight is 279 g/mol. The Bertz CT molecular complexity index is 478. The van der Waals surface area contributed by atoms with Gasteiger partial charge in [-0.15, -0.1) is 0 Å². The summed E-state index contributed by atoms with van der Waals surface area (Å²) >= 11 is 0. The molecule has 0 aliphatic heterocycles. The third kappa shape index (κ3) is 5.22. The van der Waals surface area contributed by atoms with E-state index in [1.807, 2.05) is 13.8 Å². The van der Waals surface area contributed by atoms with Crippen LogP contribution in [0, 0.1) is 5.82 Å². The quantitative estimate of drug-likeness (QED) is 0.592. The molecule has 0 saturated heterocycles. The molecule has 0 aromatic heterocycles. The molecule has 0 aliphatic carbocycles. The van der Waals surface area contributed by atoms with Crippen LogP contribution in [0.15, 0.2) is 30.3 Å². The number of carbonyl (C=O) groups excluding carboxylic acids is 2. The van der Waals surface area contributed by atoms with E-state index in [9.17, 15) is 14.0 Å². The summed E-state index contributed by atoms with van der Waals surface area (Å²) in [5.41, 5.74) is 0.679. The highest BCUT2D eigenvalue weighted by atomic mass is 19.1. The van der Waals surface area contributed by atoms with Crippen LogP contribution in [-0.2, 0) is 14.3 Å². The maximum absolute atomic E-state index is 12.7. The molecule has 0 N–H and O–H groups in total. The lowest BCUT2D eigenvalue weighted by Gasteiger charge is -2.17. The number of hydrogen-bond acceptors (Lipinski definition) is 3. The van der Waals surface area contributed by atoms with Crippen LogP contribution in [0.25, 0.3) is 6.08 Å². The van der Waals surface area contributed by atoms with Crippen molar-refractivity contribution in [3.05, 3.63) is 41.7 Å². The molecule has 0 fully saturated rings. The second kappa shape index (κ2) is 8.09. The molecular formula is C15H18FNO3. The van der Waals surface area contributed by atoms with Gasteiger partial charge >= 0.3 is 5.97 Å². The number of carbonyl (C=O) groups is 2. The van der Waals surface area contributed by atoms with E-state index in [-0.39, 0.29) is 18.3 Å². The van der Waals surface area contributed by atoms with Gasteiger partial charge in [-0.3, -0.25) is 4.79 Å². The van der Waals surface area contributed by atoms with Gasteiger partial charge in [-0.1, -0.05) is 12.1 Å². The van der Waals surface area contributed by atoms with Crippen molar-refractivity contribution >= 4 is 18.0 Å². The lowest BCUT2D eigenvalue weighted by molar-refractivity contribution is -0.147. The minimum atomic E-state index is -0.602. The minimum absolute atomic E-state index is 0.224. The first-order chi connectivity index (χ1) is 9.56. The summed E-state index contributed by atoms with van der Waals surface area (Å²) in [5, 5.41) is 0. The normalized spacial score (nSPS) is 10.6. The zero-order valence-electron chi connectivity index (χ0n) is 11.6. The van der Waals surface area contributed by atoms with E-state index < -0.39 is 5.97 Å². The fourth-order valence-corrected chi connectivity index (χ4v) is 1.59. The van der Waals surface area contributed by atoms with Crippen LogP contribution in [0.2, 0.25) is 0 Å². The summed E-state index contributed by atoms with van der Waals surface area (Å²) < 4.78 is 17.5. The smallest absolute Gasteiger partial charge is 0.331 e. The molecule has 0 saturated carbocycles. The van der Waals surface area contributed by atoms with Crippen molar-refractivity contribution in [3.63, 3.8) is 0 Å². The van der Waals surface area contributed by atoms with E-state index in [0.29, 0.717) is 18.7 Å². The van der Waals surface area contributed by atoms with Gasteiger partial charge < -0.3 is 9.64 Å². The molecule has 1 amide bonds. The zero-order chi connectivity index (χ0) is 15.0. The van der Waals surface area contributed by atoms with Crippen LogP contribution in [0.4, 0.5) is 4.39 Å². The Morgan fingerprint density at radius 1 is 1.20 bits per heavy atom. The lowest BCUT2D eigenvalue weighted by atomic mass is 10.2. The van der Waals surface area contributed by atoms with E-state index in [0.717, 1.165) is 0 Å². The van der Waals surface area contributed by atoms with Crippen LogP contribution in [0.3, 0.4) is 0 Å². The Labute approximate surface area is 117 Å². The number of ether oxygens (including phenoxy) is 1. The van der Waals surface area contributed by atoms with E-state index in [4.69, 9.17) is 4.74 Å². The predicted molar refractivity (Wildman–Crippen MR) is 74.3 cm³/mol. The molecule has 0 bridgehead atoms. The molecular weight excluding hydrogens is 261 g/mol. The van der Waals surface area contributed by atoms with Crippen molar-refractivity contribution in [2.75, 3.05) is 19.7 Å². The number of rotatable bonds is 6. The highest BCUT2D eigenvalue weighted by Gasteiger charge is 2.11. The largest absolute Gasteiger partial charge is 0.452 e.